The second kappa shape index (κ2) is 14.7. The van der Waals surface area contributed by atoms with Crippen molar-refractivity contribution >= 4 is 0 Å². The van der Waals surface area contributed by atoms with Crippen LogP contribution in [0.3, 0.4) is 0 Å². The first-order chi connectivity index (χ1) is 14.6. The summed E-state index contributed by atoms with van der Waals surface area (Å²) in [7, 11) is 0. The van der Waals surface area contributed by atoms with E-state index < -0.39 is 0 Å². The van der Waals surface area contributed by atoms with E-state index in [0.29, 0.717) is 12.1 Å². The van der Waals surface area contributed by atoms with Crippen LogP contribution in [0.15, 0.2) is 36.5 Å². The highest BCUT2D eigenvalue weighted by atomic mass is 14.9. The molecule has 0 amide bonds. The summed E-state index contributed by atoms with van der Waals surface area (Å²) in [5, 5.41) is 3.78. The first-order valence-corrected chi connectivity index (χ1v) is 12.8. The van der Waals surface area contributed by atoms with Crippen LogP contribution < -0.4 is 11.1 Å². The minimum absolute atomic E-state index is 0.368. The van der Waals surface area contributed by atoms with Crippen molar-refractivity contribution in [3.05, 3.63) is 47.7 Å². The second-order valence-corrected chi connectivity index (χ2v) is 9.84. The van der Waals surface area contributed by atoms with E-state index >= 15 is 0 Å². The van der Waals surface area contributed by atoms with E-state index in [1.54, 1.807) is 0 Å². The van der Waals surface area contributed by atoms with Crippen LogP contribution in [0.1, 0.15) is 108 Å². The predicted molar refractivity (Wildman–Crippen MR) is 133 cm³/mol. The van der Waals surface area contributed by atoms with Gasteiger partial charge in [0.1, 0.15) is 0 Å². The van der Waals surface area contributed by atoms with Crippen molar-refractivity contribution in [1.29, 1.82) is 0 Å². The molecule has 0 spiro atoms. The maximum atomic E-state index is 6.10. The van der Waals surface area contributed by atoms with Gasteiger partial charge in [0.2, 0.25) is 0 Å². The SMILES string of the molecule is C=C(CCCCCCC1CCC1)N[C@H](CCCCC(N)CC)Cc1ccc(C)cc1. The molecule has 1 saturated carbocycles. The molecule has 0 aliphatic heterocycles. The molecule has 1 unspecified atom stereocenters. The first-order valence-electron chi connectivity index (χ1n) is 12.8. The smallest absolute Gasteiger partial charge is 0.0298 e. The molecular formula is C28H48N2. The zero-order valence-electron chi connectivity index (χ0n) is 19.9. The van der Waals surface area contributed by atoms with Gasteiger partial charge >= 0.3 is 0 Å². The van der Waals surface area contributed by atoms with Gasteiger partial charge in [0, 0.05) is 17.8 Å². The number of hydrogen-bond acceptors (Lipinski definition) is 2. The minimum Gasteiger partial charge on any atom is -0.386 e. The fourth-order valence-corrected chi connectivity index (χ4v) is 4.50. The number of benzene rings is 1. The van der Waals surface area contributed by atoms with E-state index in [1.807, 2.05) is 0 Å². The molecule has 2 nitrogen and oxygen atoms in total. The van der Waals surface area contributed by atoms with E-state index in [0.717, 1.165) is 31.6 Å². The Kier molecular flexibility index (Phi) is 12.2. The summed E-state index contributed by atoms with van der Waals surface area (Å²) in [6.07, 6.45) is 19.5. The van der Waals surface area contributed by atoms with Crippen molar-refractivity contribution in [2.45, 2.75) is 122 Å². The lowest BCUT2D eigenvalue weighted by atomic mass is 9.81. The lowest BCUT2D eigenvalue weighted by molar-refractivity contribution is 0.286. The Hall–Kier alpha value is -1.28. The van der Waals surface area contributed by atoms with Crippen molar-refractivity contribution in [2.75, 3.05) is 0 Å². The molecule has 1 aliphatic rings. The molecule has 0 heterocycles. The highest BCUT2D eigenvalue weighted by Gasteiger charge is 2.16. The van der Waals surface area contributed by atoms with Gasteiger partial charge in [-0.3, -0.25) is 0 Å². The predicted octanol–water partition coefficient (Wildman–Crippen LogP) is 7.45. The molecule has 1 aliphatic carbocycles. The fraction of sp³-hybridized carbons (Fsp3) is 0.714. The quantitative estimate of drug-likeness (QED) is 0.261. The van der Waals surface area contributed by atoms with Gasteiger partial charge in [-0.1, -0.05) is 101 Å². The van der Waals surface area contributed by atoms with Crippen molar-refractivity contribution in [2.24, 2.45) is 11.7 Å². The van der Waals surface area contributed by atoms with Gasteiger partial charge in [0.05, 0.1) is 0 Å². The molecule has 0 saturated heterocycles. The average molecular weight is 413 g/mol. The molecule has 1 aromatic rings. The monoisotopic (exact) mass is 412 g/mol. The van der Waals surface area contributed by atoms with Crippen LogP contribution in [0.5, 0.6) is 0 Å². The van der Waals surface area contributed by atoms with Gasteiger partial charge in [0.25, 0.3) is 0 Å². The number of hydrogen-bond donors (Lipinski definition) is 2. The zero-order valence-corrected chi connectivity index (χ0v) is 19.9. The summed E-state index contributed by atoms with van der Waals surface area (Å²) < 4.78 is 0. The summed E-state index contributed by atoms with van der Waals surface area (Å²) in [5.41, 5.74) is 10.1. The summed E-state index contributed by atoms with van der Waals surface area (Å²) in [4.78, 5) is 0. The van der Waals surface area contributed by atoms with E-state index in [4.69, 9.17) is 5.73 Å². The van der Waals surface area contributed by atoms with Crippen LogP contribution in [0, 0.1) is 12.8 Å². The van der Waals surface area contributed by atoms with Gasteiger partial charge in [-0.15, -0.1) is 0 Å². The molecule has 2 atom stereocenters. The molecule has 2 heteroatoms. The number of nitrogens with two attached hydrogens (primary N) is 1. The van der Waals surface area contributed by atoms with Gasteiger partial charge in [-0.25, -0.2) is 0 Å². The Labute approximate surface area is 187 Å². The maximum absolute atomic E-state index is 6.10. The van der Waals surface area contributed by atoms with Crippen LogP contribution in [0.2, 0.25) is 0 Å². The molecule has 3 N–H and O–H groups in total. The van der Waals surface area contributed by atoms with E-state index in [-0.39, 0.29) is 0 Å². The third-order valence-corrected chi connectivity index (χ3v) is 6.98. The topological polar surface area (TPSA) is 38.0 Å². The minimum atomic E-state index is 0.368. The van der Waals surface area contributed by atoms with Crippen LogP contribution in [-0.4, -0.2) is 12.1 Å². The summed E-state index contributed by atoms with van der Waals surface area (Å²) in [6, 6.07) is 9.87. The van der Waals surface area contributed by atoms with Crippen molar-refractivity contribution in [3.63, 3.8) is 0 Å². The van der Waals surface area contributed by atoms with Crippen molar-refractivity contribution in [3.8, 4) is 0 Å². The molecule has 1 aromatic carbocycles. The van der Waals surface area contributed by atoms with Crippen molar-refractivity contribution in [1.82, 2.24) is 5.32 Å². The molecule has 30 heavy (non-hydrogen) atoms. The standard InChI is InChI=1S/C28H48N2/c1-4-27(29)16-9-10-17-28(22-26-20-18-23(2)19-21-26)30-24(3)12-7-5-6-8-13-25-14-11-15-25/h18-21,25,27-28,30H,3-17,22,29H2,1-2H3/t27?,28-/m1/s1. The van der Waals surface area contributed by atoms with Crippen LogP contribution >= 0.6 is 0 Å². The van der Waals surface area contributed by atoms with E-state index in [9.17, 15) is 0 Å². The maximum Gasteiger partial charge on any atom is 0.0298 e. The number of rotatable bonds is 17. The summed E-state index contributed by atoms with van der Waals surface area (Å²) in [6.45, 7) is 8.70. The van der Waals surface area contributed by atoms with E-state index in [1.165, 1.54) is 87.5 Å². The third kappa shape index (κ3) is 10.7. The third-order valence-electron chi connectivity index (χ3n) is 6.98. The Morgan fingerprint density at radius 1 is 1.03 bits per heavy atom. The lowest BCUT2D eigenvalue weighted by Crippen LogP contribution is -2.30. The van der Waals surface area contributed by atoms with Crippen LogP contribution in [0.4, 0.5) is 0 Å². The average Bonchev–Trinajstić information content (AvgIpc) is 2.70. The number of aryl methyl sites for hydroxylation is 1. The van der Waals surface area contributed by atoms with Crippen molar-refractivity contribution < 1.29 is 0 Å². The molecule has 0 bridgehead atoms. The second-order valence-electron chi connectivity index (χ2n) is 9.84. The summed E-state index contributed by atoms with van der Waals surface area (Å²) >= 11 is 0. The molecule has 0 aromatic heterocycles. The van der Waals surface area contributed by atoms with Crippen LogP contribution in [-0.2, 0) is 6.42 Å². The normalized spacial score (nSPS) is 16.1. The van der Waals surface area contributed by atoms with Crippen LogP contribution in [0.25, 0.3) is 0 Å². The van der Waals surface area contributed by atoms with Gasteiger partial charge in [-0.2, -0.15) is 0 Å². The van der Waals surface area contributed by atoms with E-state index in [2.05, 4.69) is 50.0 Å². The Bertz CT molecular complexity index is 573. The molecule has 1 fully saturated rings. The Morgan fingerprint density at radius 3 is 2.40 bits per heavy atom. The largest absolute Gasteiger partial charge is 0.386 e. The van der Waals surface area contributed by atoms with Gasteiger partial charge < -0.3 is 11.1 Å². The number of allylic oxidation sites excluding steroid dienone is 1. The van der Waals surface area contributed by atoms with Gasteiger partial charge in [0.15, 0.2) is 0 Å². The molecule has 2 rings (SSSR count). The highest BCUT2D eigenvalue weighted by Crippen LogP contribution is 2.31. The summed E-state index contributed by atoms with van der Waals surface area (Å²) in [5.74, 6) is 1.07. The Balaban J connectivity index is 1.68. The number of nitrogens with one attached hydrogen (secondary N) is 1. The fourth-order valence-electron chi connectivity index (χ4n) is 4.50. The zero-order chi connectivity index (χ0) is 21.6. The molecule has 0 radical (unpaired) electrons. The Morgan fingerprint density at radius 2 is 1.73 bits per heavy atom. The molecule has 170 valence electrons. The highest BCUT2D eigenvalue weighted by molar-refractivity contribution is 5.22. The molecular weight excluding hydrogens is 364 g/mol. The first kappa shape index (κ1) is 25.0. The lowest BCUT2D eigenvalue weighted by Gasteiger charge is -2.25. The van der Waals surface area contributed by atoms with Gasteiger partial charge in [-0.05, 0) is 56.9 Å². The number of unbranched alkanes of at least 4 members (excludes halogenated alkanes) is 4.